The van der Waals surface area contributed by atoms with Crippen molar-refractivity contribution in [2.45, 2.75) is 66.4 Å². The van der Waals surface area contributed by atoms with Gasteiger partial charge in [-0.3, -0.25) is 0 Å². The van der Waals surface area contributed by atoms with E-state index in [1.807, 2.05) is 20.8 Å². The Morgan fingerprint density at radius 1 is 1.04 bits per heavy atom. The number of carboxylic acids is 1. The summed E-state index contributed by atoms with van der Waals surface area (Å²) in [6, 6.07) is 6.18. The van der Waals surface area contributed by atoms with E-state index >= 15 is 0 Å². The fourth-order valence-electron chi connectivity index (χ4n) is 2.59. The van der Waals surface area contributed by atoms with Gasteiger partial charge in [0.25, 0.3) is 0 Å². The second-order valence-electron chi connectivity index (χ2n) is 7.79. The molecule has 0 aliphatic heterocycles. The van der Waals surface area contributed by atoms with Gasteiger partial charge in [0.1, 0.15) is 6.10 Å². The third-order valence-electron chi connectivity index (χ3n) is 4.09. The molecule has 1 atom stereocenters. The van der Waals surface area contributed by atoms with E-state index in [0.29, 0.717) is 5.92 Å². The summed E-state index contributed by atoms with van der Waals surface area (Å²) < 4.78 is 5.70. The van der Waals surface area contributed by atoms with Gasteiger partial charge in [-0.2, -0.15) is 0 Å². The van der Waals surface area contributed by atoms with Gasteiger partial charge >= 0.3 is 11.9 Å². The predicted molar refractivity (Wildman–Crippen MR) is 95.4 cm³/mol. The lowest BCUT2D eigenvalue weighted by Gasteiger charge is -2.30. The Morgan fingerprint density at radius 3 is 2.08 bits per heavy atom. The van der Waals surface area contributed by atoms with Crippen molar-refractivity contribution >= 4 is 11.9 Å². The maximum Gasteiger partial charge on any atom is 0.339 e. The van der Waals surface area contributed by atoms with Crippen molar-refractivity contribution in [2.75, 3.05) is 0 Å². The molecule has 0 fully saturated rings. The second kappa shape index (κ2) is 8.86. The van der Waals surface area contributed by atoms with Gasteiger partial charge in [0.15, 0.2) is 0 Å². The van der Waals surface area contributed by atoms with E-state index in [-0.39, 0.29) is 22.6 Å². The van der Waals surface area contributed by atoms with Gasteiger partial charge in [0.2, 0.25) is 0 Å². The molecular weight excluding hydrogens is 304 g/mol. The molecule has 4 nitrogen and oxygen atoms in total. The molecule has 0 heterocycles. The van der Waals surface area contributed by atoms with Crippen LogP contribution in [0.15, 0.2) is 24.3 Å². The number of hydrogen-bond donors (Lipinski definition) is 1. The minimum absolute atomic E-state index is 0.0185. The van der Waals surface area contributed by atoms with Crippen molar-refractivity contribution in [2.24, 2.45) is 11.3 Å². The lowest BCUT2D eigenvalue weighted by Crippen LogP contribution is -2.32. The molecule has 1 aromatic carbocycles. The molecule has 0 bridgehead atoms. The highest BCUT2D eigenvalue weighted by atomic mass is 16.5. The average molecular weight is 334 g/mol. The SMILES string of the molecule is CC(C)CCCCC(OC(=O)c1ccccc1C(=O)O)C(C)(C)C. The van der Waals surface area contributed by atoms with Crippen LogP contribution in [0.4, 0.5) is 0 Å². The van der Waals surface area contributed by atoms with Crippen molar-refractivity contribution in [3.05, 3.63) is 35.4 Å². The first-order chi connectivity index (χ1) is 11.1. The van der Waals surface area contributed by atoms with E-state index in [2.05, 4.69) is 13.8 Å². The number of carbonyl (C=O) groups is 2. The fourth-order valence-corrected chi connectivity index (χ4v) is 2.59. The Kier molecular flexibility index (Phi) is 7.46. The van der Waals surface area contributed by atoms with Crippen molar-refractivity contribution in [3.8, 4) is 0 Å². The standard InChI is InChI=1S/C20H30O4/c1-14(2)10-6-9-13-17(20(3,4)5)24-19(23)16-12-8-7-11-15(16)18(21)22/h7-8,11-12,14,17H,6,9-10,13H2,1-5H3,(H,21,22). The summed E-state index contributed by atoms with van der Waals surface area (Å²) in [5.41, 5.74) is -0.0949. The first-order valence-electron chi connectivity index (χ1n) is 8.66. The number of carbonyl (C=O) groups excluding carboxylic acids is 1. The average Bonchev–Trinajstić information content (AvgIpc) is 2.48. The molecule has 134 valence electrons. The summed E-state index contributed by atoms with van der Waals surface area (Å²) in [6.45, 7) is 10.5. The molecule has 0 saturated heterocycles. The summed E-state index contributed by atoms with van der Waals surface area (Å²) >= 11 is 0. The summed E-state index contributed by atoms with van der Waals surface area (Å²) in [4.78, 5) is 23.8. The minimum atomic E-state index is -1.12. The Hall–Kier alpha value is -1.84. The van der Waals surface area contributed by atoms with Gasteiger partial charge in [-0.25, -0.2) is 9.59 Å². The Morgan fingerprint density at radius 2 is 1.58 bits per heavy atom. The van der Waals surface area contributed by atoms with Crippen LogP contribution in [0, 0.1) is 11.3 Å². The first-order valence-corrected chi connectivity index (χ1v) is 8.66. The van der Waals surface area contributed by atoms with Gasteiger partial charge in [-0.05, 0) is 36.3 Å². The van der Waals surface area contributed by atoms with Crippen LogP contribution >= 0.6 is 0 Å². The molecule has 1 aromatic rings. The summed E-state index contributed by atoms with van der Waals surface area (Å²) in [7, 11) is 0. The highest BCUT2D eigenvalue weighted by Gasteiger charge is 2.29. The quantitative estimate of drug-likeness (QED) is 0.526. The van der Waals surface area contributed by atoms with Crippen molar-refractivity contribution < 1.29 is 19.4 Å². The number of carboxylic acid groups (broad SMARTS) is 1. The number of rotatable bonds is 8. The highest BCUT2D eigenvalue weighted by Crippen LogP contribution is 2.28. The maximum atomic E-state index is 12.5. The smallest absolute Gasteiger partial charge is 0.339 e. The molecule has 1 unspecified atom stereocenters. The Balaban J connectivity index is 2.80. The molecule has 1 rings (SSSR count). The summed E-state index contributed by atoms with van der Waals surface area (Å²) in [5.74, 6) is -1.01. The molecule has 1 N–H and O–H groups in total. The molecule has 0 aromatic heterocycles. The number of unbranched alkanes of at least 4 members (excludes halogenated alkanes) is 1. The molecule has 0 aliphatic carbocycles. The molecular formula is C20H30O4. The monoisotopic (exact) mass is 334 g/mol. The zero-order valence-electron chi connectivity index (χ0n) is 15.5. The molecule has 0 spiro atoms. The van der Waals surface area contributed by atoms with Gasteiger partial charge in [-0.1, -0.05) is 59.6 Å². The lowest BCUT2D eigenvalue weighted by atomic mass is 9.85. The number of aromatic carboxylic acids is 1. The van der Waals surface area contributed by atoms with Crippen LogP contribution in [0.5, 0.6) is 0 Å². The zero-order valence-corrected chi connectivity index (χ0v) is 15.5. The van der Waals surface area contributed by atoms with E-state index in [1.165, 1.54) is 12.1 Å². The topological polar surface area (TPSA) is 63.6 Å². The van der Waals surface area contributed by atoms with Crippen LogP contribution in [-0.2, 0) is 4.74 Å². The van der Waals surface area contributed by atoms with E-state index in [0.717, 1.165) is 25.7 Å². The van der Waals surface area contributed by atoms with Gasteiger partial charge < -0.3 is 9.84 Å². The van der Waals surface area contributed by atoms with Crippen LogP contribution < -0.4 is 0 Å². The van der Waals surface area contributed by atoms with Crippen molar-refractivity contribution in [1.82, 2.24) is 0 Å². The summed E-state index contributed by atoms with van der Waals surface area (Å²) in [6.07, 6.45) is 3.81. The third kappa shape index (κ3) is 6.34. The van der Waals surface area contributed by atoms with Crippen LogP contribution in [0.1, 0.15) is 81.0 Å². The van der Waals surface area contributed by atoms with E-state index in [4.69, 9.17) is 4.74 Å². The second-order valence-corrected chi connectivity index (χ2v) is 7.79. The van der Waals surface area contributed by atoms with Gasteiger partial charge in [0.05, 0.1) is 11.1 Å². The van der Waals surface area contributed by atoms with Gasteiger partial charge in [-0.15, -0.1) is 0 Å². The van der Waals surface area contributed by atoms with Crippen LogP contribution in [0.25, 0.3) is 0 Å². The number of esters is 1. The molecule has 24 heavy (non-hydrogen) atoms. The Bertz CT molecular complexity index is 555. The van der Waals surface area contributed by atoms with Crippen LogP contribution in [-0.4, -0.2) is 23.1 Å². The largest absolute Gasteiger partial charge is 0.478 e. The Labute approximate surface area is 145 Å². The minimum Gasteiger partial charge on any atom is -0.478 e. The first kappa shape index (κ1) is 20.2. The molecule has 0 amide bonds. The lowest BCUT2D eigenvalue weighted by molar-refractivity contribution is -0.00719. The molecule has 4 heteroatoms. The number of hydrogen-bond acceptors (Lipinski definition) is 3. The zero-order chi connectivity index (χ0) is 18.3. The number of ether oxygens (including phenoxy) is 1. The third-order valence-corrected chi connectivity index (χ3v) is 4.09. The van der Waals surface area contributed by atoms with Crippen molar-refractivity contribution in [3.63, 3.8) is 0 Å². The van der Waals surface area contributed by atoms with E-state index in [1.54, 1.807) is 12.1 Å². The molecule has 0 saturated carbocycles. The van der Waals surface area contributed by atoms with E-state index in [9.17, 15) is 14.7 Å². The van der Waals surface area contributed by atoms with E-state index < -0.39 is 11.9 Å². The normalized spacial score (nSPS) is 12.9. The number of benzene rings is 1. The van der Waals surface area contributed by atoms with Crippen molar-refractivity contribution in [1.29, 1.82) is 0 Å². The molecule has 0 aliphatic rings. The summed E-state index contributed by atoms with van der Waals surface area (Å²) in [5, 5.41) is 9.23. The fraction of sp³-hybridized carbons (Fsp3) is 0.600. The van der Waals surface area contributed by atoms with Crippen LogP contribution in [0.2, 0.25) is 0 Å². The van der Waals surface area contributed by atoms with Crippen LogP contribution in [0.3, 0.4) is 0 Å². The maximum absolute atomic E-state index is 12.5. The van der Waals surface area contributed by atoms with Gasteiger partial charge in [0, 0.05) is 0 Å². The molecule has 0 radical (unpaired) electrons. The predicted octanol–water partition coefficient (Wildman–Crippen LogP) is 5.17. The highest BCUT2D eigenvalue weighted by molar-refractivity contribution is 6.02.